The third-order valence-corrected chi connectivity index (χ3v) is 5.78. The normalized spacial score (nSPS) is 24.2. The molecule has 2 unspecified atom stereocenters. The fourth-order valence-corrected chi connectivity index (χ4v) is 3.93. The van der Waals surface area contributed by atoms with Crippen molar-refractivity contribution in [2.24, 2.45) is 5.14 Å². The zero-order chi connectivity index (χ0) is 14.0. The van der Waals surface area contributed by atoms with E-state index < -0.39 is 10.0 Å². The Morgan fingerprint density at radius 2 is 2.16 bits per heavy atom. The average molecular weight is 300 g/mol. The molecule has 6 heteroatoms. The Hall–Kier alpha value is -0.720. The van der Waals surface area contributed by atoms with Gasteiger partial charge < -0.3 is 5.32 Å². The molecule has 4 nitrogen and oxygen atoms in total. The number of nitrogens with two attached hydrogens (primary N) is 1. The highest BCUT2D eigenvalue weighted by Crippen LogP contribution is 2.29. The maximum Gasteiger partial charge on any atom is 0.238 e. The van der Waals surface area contributed by atoms with Crippen LogP contribution in [-0.4, -0.2) is 25.5 Å². The minimum absolute atomic E-state index is 0.164. The standard InChI is InChI=1S/C13H20N2O2S2/c1-9-5-6-11(19(14,16)17)8-13(9)15-12-4-3-7-18-10(12)2/h5-6,8,10,12,15H,3-4,7H2,1-2H3,(H2,14,16,17). The molecular formula is C13H20N2O2S2. The number of benzene rings is 1. The predicted octanol–water partition coefficient (Wildman–Crippen LogP) is 2.34. The van der Waals surface area contributed by atoms with Gasteiger partial charge in [0.25, 0.3) is 0 Å². The number of hydrogen-bond donors (Lipinski definition) is 2. The maximum absolute atomic E-state index is 11.4. The second-order valence-corrected chi connectivity index (χ2v) is 8.04. The van der Waals surface area contributed by atoms with Gasteiger partial charge >= 0.3 is 0 Å². The fraction of sp³-hybridized carbons (Fsp3) is 0.538. The first kappa shape index (κ1) is 14.7. The van der Waals surface area contributed by atoms with Crippen molar-refractivity contribution < 1.29 is 8.42 Å². The molecule has 1 aromatic rings. The highest BCUT2D eigenvalue weighted by Gasteiger charge is 2.22. The van der Waals surface area contributed by atoms with E-state index >= 15 is 0 Å². The largest absolute Gasteiger partial charge is 0.381 e. The van der Waals surface area contributed by atoms with Crippen molar-refractivity contribution >= 4 is 27.5 Å². The second-order valence-electron chi connectivity index (χ2n) is 4.99. The van der Waals surface area contributed by atoms with E-state index in [4.69, 9.17) is 5.14 Å². The van der Waals surface area contributed by atoms with Crippen LogP contribution in [0.5, 0.6) is 0 Å². The summed E-state index contributed by atoms with van der Waals surface area (Å²) in [7, 11) is -3.64. The molecule has 0 bridgehead atoms. The van der Waals surface area contributed by atoms with Crippen molar-refractivity contribution in [3.8, 4) is 0 Å². The van der Waals surface area contributed by atoms with Crippen LogP contribution in [0.2, 0.25) is 0 Å². The lowest BCUT2D eigenvalue weighted by Gasteiger charge is -2.30. The Morgan fingerprint density at radius 1 is 1.42 bits per heavy atom. The summed E-state index contributed by atoms with van der Waals surface area (Å²) in [5, 5.41) is 9.18. The SMILES string of the molecule is Cc1ccc(S(N)(=O)=O)cc1NC1CCCSC1C. The Kier molecular flexibility index (Phi) is 4.43. The van der Waals surface area contributed by atoms with Gasteiger partial charge in [-0.1, -0.05) is 13.0 Å². The molecule has 1 aliphatic rings. The third kappa shape index (κ3) is 3.64. The lowest BCUT2D eigenvalue weighted by molar-refractivity contribution is 0.597. The smallest absolute Gasteiger partial charge is 0.238 e. The van der Waals surface area contributed by atoms with Crippen LogP contribution in [0.3, 0.4) is 0 Å². The van der Waals surface area contributed by atoms with E-state index in [-0.39, 0.29) is 4.90 Å². The molecule has 0 spiro atoms. The van der Waals surface area contributed by atoms with Crippen LogP contribution in [0.15, 0.2) is 23.1 Å². The van der Waals surface area contributed by atoms with Crippen LogP contribution < -0.4 is 10.5 Å². The number of anilines is 1. The third-order valence-electron chi connectivity index (χ3n) is 3.49. The predicted molar refractivity (Wildman–Crippen MR) is 81.1 cm³/mol. The van der Waals surface area contributed by atoms with Gasteiger partial charge in [-0.15, -0.1) is 0 Å². The van der Waals surface area contributed by atoms with Crippen LogP contribution in [0.1, 0.15) is 25.3 Å². The molecule has 0 aromatic heterocycles. The summed E-state index contributed by atoms with van der Waals surface area (Å²) in [5.74, 6) is 1.20. The summed E-state index contributed by atoms with van der Waals surface area (Å²) >= 11 is 1.96. The fourth-order valence-electron chi connectivity index (χ4n) is 2.25. The van der Waals surface area contributed by atoms with Crippen molar-refractivity contribution in [1.82, 2.24) is 0 Å². The Bertz CT molecular complexity index is 558. The number of primary sulfonamides is 1. The van der Waals surface area contributed by atoms with Gasteiger partial charge in [0, 0.05) is 17.0 Å². The molecular weight excluding hydrogens is 280 g/mol. The minimum Gasteiger partial charge on any atom is -0.381 e. The van der Waals surface area contributed by atoms with Gasteiger partial charge in [0.2, 0.25) is 10.0 Å². The first-order chi connectivity index (χ1) is 8.88. The molecule has 19 heavy (non-hydrogen) atoms. The van der Waals surface area contributed by atoms with E-state index in [1.165, 1.54) is 12.2 Å². The zero-order valence-corrected chi connectivity index (χ0v) is 12.9. The van der Waals surface area contributed by atoms with E-state index in [1.54, 1.807) is 18.2 Å². The molecule has 3 N–H and O–H groups in total. The number of aryl methyl sites for hydroxylation is 1. The van der Waals surface area contributed by atoms with Crippen molar-refractivity contribution in [3.63, 3.8) is 0 Å². The minimum atomic E-state index is -3.64. The lowest BCUT2D eigenvalue weighted by atomic mass is 10.1. The van der Waals surface area contributed by atoms with Crippen LogP contribution in [0.4, 0.5) is 5.69 Å². The average Bonchev–Trinajstić information content (AvgIpc) is 2.33. The van der Waals surface area contributed by atoms with Crippen molar-refractivity contribution in [2.75, 3.05) is 11.1 Å². The van der Waals surface area contributed by atoms with E-state index in [2.05, 4.69) is 12.2 Å². The molecule has 0 amide bonds. The van der Waals surface area contributed by atoms with Gasteiger partial charge in [-0.25, -0.2) is 13.6 Å². The Labute approximate surface area is 119 Å². The van der Waals surface area contributed by atoms with Crippen LogP contribution in [0, 0.1) is 6.92 Å². The van der Waals surface area contributed by atoms with Crippen molar-refractivity contribution in [2.45, 2.75) is 42.9 Å². The monoisotopic (exact) mass is 300 g/mol. The summed E-state index contributed by atoms with van der Waals surface area (Å²) in [5.41, 5.74) is 1.90. The van der Waals surface area contributed by atoms with Gasteiger partial charge in [-0.3, -0.25) is 0 Å². The van der Waals surface area contributed by atoms with Crippen LogP contribution >= 0.6 is 11.8 Å². The van der Waals surface area contributed by atoms with Crippen molar-refractivity contribution in [1.29, 1.82) is 0 Å². The van der Waals surface area contributed by atoms with Gasteiger partial charge in [0.05, 0.1) is 4.90 Å². The van der Waals surface area contributed by atoms with Crippen molar-refractivity contribution in [3.05, 3.63) is 23.8 Å². The lowest BCUT2D eigenvalue weighted by Crippen LogP contribution is -2.33. The van der Waals surface area contributed by atoms with E-state index in [9.17, 15) is 8.42 Å². The second kappa shape index (κ2) is 5.73. The van der Waals surface area contributed by atoms with Crippen LogP contribution in [-0.2, 0) is 10.0 Å². The van der Waals surface area contributed by atoms with E-state index in [1.807, 2.05) is 18.7 Å². The summed E-state index contributed by atoms with van der Waals surface area (Å²) in [4.78, 5) is 0.164. The quantitative estimate of drug-likeness (QED) is 0.898. The topological polar surface area (TPSA) is 72.2 Å². The molecule has 1 fully saturated rings. The van der Waals surface area contributed by atoms with E-state index in [0.29, 0.717) is 11.3 Å². The number of hydrogen-bond acceptors (Lipinski definition) is 4. The summed E-state index contributed by atoms with van der Waals surface area (Å²) in [6, 6.07) is 5.36. The Morgan fingerprint density at radius 3 is 2.79 bits per heavy atom. The molecule has 1 aromatic carbocycles. The van der Waals surface area contributed by atoms with E-state index in [0.717, 1.165) is 17.7 Å². The van der Waals surface area contributed by atoms with Gasteiger partial charge in [0.1, 0.15) is 0 Å². The number of rotatable bonds is 3. The molecule has 2 atom stereocenters. The summed E-state index contributed by atoms with van der Waals surface area (Å²) in [6.07, 6.45) is 2.31. The Balaban J connectivity index is 2.24. The molecule has 106 valence electrons. The number of sulfonamides is 1. The van der Waals surface area contributed by atoms with Gasteiger partial charge in [0.15, 0.2) is 0 Å². The number of thioether (sulfide) groups is 1. The van der Waals surface area contributed by atoms with Gasteiger partial charge in [-0.2, -0.15) is 11.8 Å². The number of nitrogens with one attached hydrogen (secondary N) is 1. The molecule has 2 rings (SSSR count). The highest BCUT2D eigenvalue weighted by molar-refractivity contribution is 8.00. The first-order valence-corrected chi connectivity index (χ1v) is 8.99. The summed E-state index contributed by atoms with van der Waals surface area (Å²) < 4.78 is 22.8. The molecule has 0 aliphatic carbocycles. The maximum atomic E-state index is 11.4. The molecule has 0 radical (unpaired) electrons. The van der Waals surface area contributed by atoms with Gasteiger partial charge in [-0.05, 0) is 43.2 Å². The molecule has 1 saturated heterocycles. The molecule has 1 heterocycles. The molecule has 1 aliphatic heterocycles. The highest BCUT2D eigenvalue weighted by atomic mass is 32.2. The van der Waals surface area contributed by atoms with Crippen LogP contribution in [0.25, 0.3) is 0 Å². The summed E-state index contributed by atoms with van der Waals surface area (Å²) in [6.45, 7) is 4.18. The first-order valence-electron chi connectivity index (χ1n) is 6.39. The molecule has 0 saturated carbocycles. The zero-order valence-electron chi connectivity index (χ0n) is 11.2.